The van der Waals surface area contributed by atoms with Gasteiger partial charge in [0.15, 0.2) is 0 Å². The average Bonchev–Trinajstić information content (AvgIpc) is 2.79. The third kappa shape index (κ3) is 5.67. The molecule has 0 radical (unpaired) electrons. The van der Waals surface area contributed by atoms with Crippen LogP contribution < -0.4 is 21.1 Å². The Kier molecular flexibility index (Phi) is 7.57. The minimum absolute atomic E-state index is 0.472. The number of ether oxygens (including phenoxy) is 2. The van der Waals surface area contributed by atoms with Crippen LogP contribution in [0.15, 0.2) is 65.8 Å². The molecular weight excluding hydrogens is 402 g/mol. The summed E-state index contributed by atoms with van der Waals surface area (Å²) in [5.74, 6) is 1.93. The molecule has 0 aromatic carbocycles. The van der Waals surface area contributed by atoms with E-state index in [0.717, 1.165) is 35.2 Å². The van der Waals surface area contributed by atoms with E-state index >= 15 is 0 Å². The molecular formula is C22H26ClN5O2. The Balaban J connectivity index is 1.67. The largest absolute Gasteiger partial charge is 0.495 e. The highest BCUT2D eigenvalue weighted by Crippen LogP contribution is 2.26. The summed E-state index contributed by atoms with van der Waals surface area (Å²) in [6, 6.07) is 7.70. The molecule has 0 atom stereocenters. The molecule has 4 N–H and O–H groups in total. The molecule has 0 amide bonds. The molecule has 30 heavy (non-hydrogen) atoms. The van der Waals surface area contributed by atoms with E-state index in [1.807, 2.05) is 36.5 Å². The zero-order chi connectivity index (χ0) is 21.3. The fraction of sp³-hybridized carbons (Fsp3) is 0.273. The molecule has 0 saturated carbocycles. The predicted octanol–water partition coefficient (Wildman–Crippen LogP) is 3.54. The number of allylic oxidation sites excluding steroid dienone is 2. The standard InChI is InChI=1S/C22H26ClN5O2/c1-29-19(11-24)10-16-7-8-25-14-18(16)9-17-4-5-20(28-22(17)23)26-12-15-3-6-21(30-2)27-13-15/h3-6,10-11,13-14,25H,7-9,12,24H2,1-2H3,(H,26,28)/b16-10+,19-11+. The number of hydrogen-bond acceptors (Lipinski definition) is 7. The smallest absolute Gasteiger partial charge is 0.212 e. The van der Waals surface area contributed by atoms with Gasteiger partial charge in [0, 0.05) is 44.2 Å². The van der Waals surface area contributed by atoms with Crippen molar-refractivity contribution in [1.29, 1.82) is 0 Å². The molecule has 2 aromatic rings. The Morgan fingerprint density at radius 3 is 2.83 bits per heavy atom. The molecule has 158 valence electrons. The zero-order valence-corrected chi connectivity index (χ0v) is 17.9. The summed E-state index contributed by atoms with van der Waals surface area (Å²) in [6.45, 7) is 1.46. The quantitative estimate of drug-likeness (QED) is 0.438. The van der Waals surface area contributed by atoms with Crippen molar-refractivity contribution in [3.8, 4) is 5.88 Å². The Hall–Kier alpha value is -3.19. The summed E-state index contributed by atoms with van der Waals surface area (Å²) in [5.41, 5.74) is 9.87. The number of pyridine rings is 2. The maximum absolute atomic E-state index is 6.47. The molecule has 0 saturated heterocycles. The van der Waals surface area contributed by atoms with Crippen LogP contribution in [-0.2, 0) is 17.7 Å². The summed E-state index contributed by atoms with van der Waals surface area (Å²) in [4.78, 5) is 8.69. The van der Waals surface area contributed by atoms with Gasteiger partial charge in [-0.05, 0) is 40.8 Å². The maximum atomic E-state index is 6.47. The van der Waals surface area contributed by atoms with Gasteiger partial charge in [0.25, 0.3) is 0 Å². The van der Waals surface area contributed by atoms with E-state index in [0.29, 0.717) is 35.6 Å². The first kappa shape index (κ1) is 21.5. The van der Waals surface area contributed by atoms with E-state index in [9.17, 15) is 0 Å². The van der Waals surface area contributed by atoms with E-state index in [2.05, 4.69) is 20.6 Å². The molecule has 0 bridgehead atoms. The van der Waals surface area contributed by atoms with Crippen molar-refractivity contribution in [3.63, 3.8) is 0 Å². The summed E-state index contributed by atoms with van der Waals surface area (Å²) in [7, 11) is 3.20. The van der Waals surface area contributed by atoms with Crippen molar-refractivity contribution in [2.75, 3.05) is 26.1 Å². The van der Waals surface area contributed by atoms with E-state index in [1.165, 1.54) is 6.20 Å². The van der Waals surface area contributed by atoms with Gasteiger partial charge in [-0.2, -0.15) is 0 Å². The van der Waals surface area contributed by atoms with Crippen LogP contribution in [0, 0.1) is 0 Å². The van der Waals surface area contributed by atoms with Crippen molar-refractivity contribution in [1.82, 2.24) is 15.3 Å². The first-order valence-electron chi connectivity index (χ1n) is 9.60. The van der Waals surface area contributed by atoms with Crippen LogP contribution in [-0.4, -0.2) is 30.7 Å². The van der Waals surface area contributed by atoms with E-state index in [1.54, 1.807) is 20.4 Å². The fourth-order valence-corrected chi connectivity index (χ4v) is 3.28. The van der Waals surface area contributed by atoms with Crippen LogP contribution >= 0.6 is 11.6 Å². The number of halogens is 1. The molecule has 1 aliphatic heterocycles. The fourth-order valence-electron chi connectivity index (χ4n) is 3.06. The van der Waals surface area contributed by atoms with Gasteiger partial charge in [0.1, 0.15) is 16.7 Å². The molecule has 0 unspecified atom stereocenters. The Morgan fingerprint density at radius 1 is 1.30 bits per heavy atom. The van der Waals surface area contributed by atoms with Crippen LogP contribution in [0.2, 0.25) is 5.15 Å². The predicted molar refractivity (Wildman–Crippen MR) is 119 cm³/mol. The number of rotatable bonds is 8. The van der Waals surface area contributed by atoms with Gasteiger partial charge in [0.2, 0.25) is 5.88 Å². The minimum atomic E-state index is 0.472. The number of methoxy groups -OCH3 is 2. The second-order valence-corrected chi connectivity index (χ2v) is 7.06. The minimum Gasteiger partial charge on any atom is -0.495 e. The maximum Gasteiger partial charge on any atom is 0.212 e. The third-order valence-electron chi connectivity index (χ3n) is 4.73. The lowest BCUT2D eigenvalue weighted by atomic mass is 9.94. The highest BCUT2D eigenvalue weighted by molar-refractivity contribution is 6.30. The van der Waals surface area contributed by atoms with Gasteiger partial charge < -0.3 is 25.8 Å². The lowest BCUT2D eigenvalue weighted by molar-refractivity contribution is 0.305. The molecule has 3 heterocycles. The number of aromatic nitrogens is 2. The van der Waals surface area contributed by atoms with E-state index in [-0.39, 0.29) is 0 Å². The van der Waals surface area contributed by atoms with Crippen LogP contribution in [0.1, 0.15) is 17.5 Å². The molecule has 0 spiro atoms. The topological polar surface area (TPSA) is 94.3 Å². The van der Waals surface area contributed by atoms with Crippen molar-refractivity contribution < 1.29 is 9.47 Å². The molecule has 8 heteroatoms. The van der Waals surface area contributed by atoms with Crippen LogP contribution in [0.25, 0.3) is 0 Å². The summed E-state index contributed by atoms with van der Waals surface area (Å²) in [5, 5.41) is 7.03. The molecule has 7 nitrogen and oxygen atoms in total. The highest BCUT2D eigenvalue weighted by atomic mass is 35.5. The zero-order valence-electron chi connectivity index (χ0n) is 17.1. The number of anilines is 1. The van der Waals surface area contributed by atoms with Gasteiger partial charge in [-0.25, -0.2) is 9.97 Å². The number of nitrogens with zero attached hydrogens (tertiary/aromatic N) is 2. The Labute approximate surface area is 181 Å². The van der Waals surface area contributed by atoms with Gasteiger partial charge in [0.05, 0.1) is 14.2 Å². The first-order valence-corrected chi connectivity index (χ1v) is 9.98. The molecule has 2 aromatic heterocycles. The lowest BCUT2D eigenvalue weighted by Gasteiger charge is -2.19. The molecule has 0 aliphatic carbocycles. The number of nitrogens with two attached hydrogens (primary N) is 1. The number of hydrogen-bond donors (Lipinski definition) is 3. The summed E-state index contributed by atoms with van der Waals surface area (Å²) in [6.07, 6.45) is 8.75. The van der Waals surface area contributed by atoms with E-state index < -0.39 is 0 Å². The van der Waals surface area contributed by atoms with Gasteiger partial charge in [-0.15, -0.1) is 0 Å². The average molecular weight is 428 g/mol. The molecule has 0 fully saturated rings. The van der Waals surface area contributed by atoms with Crippen LogP contribution in [0.5, 0.6) is 5.88 Å². The monoisotopic (exact) mass is 427 g/mol. The lowest BCUT2D eigenvalue weighted by Crippen LogP contribution is -2.17. The van der Waals surface area contributed by atoms with Crippen LogP contribution in [0.4, 0.5) is 5.82 Å². The van der Waals surface area contributed by atoms with Crippen molar-refractivity contribution >= 4 is 17.4 Å². The normalized spacial score (nSPS) is 15.4. The first-order chi connectivity index (χ1) is 14.6. The SMILES string of the molecule is COC(=C/N)/C=C1\CCNC=C1Cc1ccc(NCc2ccc(OC)nc2)nc1Cl. The molecule has 1 aliphatic rings. The van der Waals surface area contributed by atoms with Crippen LogP contribution in [0.3, 0.4) is 0 Å². The molecule has 3 rings (SSSR count). The van der Waals surface area contributed by atoms with Gasteiger partial charge >= 0.3 is 0 Å². The second kappa shape index (κ2) is 10.5. The number of nitrogens with one attached hydrogen (secondary N) is 2. The second-order valence-electron chi connectivity index (χ2n) is 6.70. The summed E-state index contributed by atoms with van der Waals surface area (Å²) >= 11 is 6.47. The summed E-state index contributed by atoms with van der Waals surface area (Å²) < 4.78 is 10.3. The highest BCUT2D eigenvalue weighted by Gasteiger charge is 2.14. The third-order valence-corrected chi connectivity index (χ3v) is 5.06. The Morgan fingerprint density at radius 2 is 2.17 bits per heavy atom. The van der Waals surface area contributed by atoms with Crippen molar-refractivity contribution in [2.45, 2.75) is 19.4 Å². The Bertz CT molecular complexity index is 955. The van der Waals surface area contributed by atoms with Crippen molar-refractivity contribution in [3.05, 3.63) is 82.1 Å². The van der Waals surface area contributed by atoms with E-state index in [4.69, 9.17) is 26.8 Å². The van der Waals surface area contributed by atoms with Gasteiger partial charge in [-0.3, -0.25) is 0 Å². The van der Waals surface area contributed by atoms with Gasteiger partial charge in [-0.1, -0.05) is 23.7 Å². The van der Waals surface area contributed by atoms with Crippen molar-refractivity contribution in [2.24, 2.45) is 5.73 Å².